The second-order valence-corrected chi connectivity index (χ2v) is 4.36. The largest absolute Gasteiger partial charge is 0.481 e. The fourth-order valence-corrected chi connectivity index (χ4v) is 1.99. The molecule has 0 N–H and O–H groups in total. The van der Waals surface area contributed by atoms with Gasteiger partial charge in [0.2, 0.25) is 5.88 Å². The summed E-state index contributed by atoms with van der Waals surface area (Å²) in [6.07, 6.45) is 0. The number of nitrogens with zero attached hydrogens (tertiary/aromatic N) is 2. The molecule has 80 valence electrons. The van der Waals surface area contributed by atoms with E-state index in [1.165, 1.54) is 5.56 Å². The van der Waals surface area contributed by atoms with Crippen LogP contribution in [0.2, 0.25) is 0 Å². The van der Waals surface area contributed by atoms with Gasteiger partial charge in [0.1, 0.15) is 5.82 Å². The summed E-state index contributed by atoms with van der Waals surface area (Å²) >= 11 is 0. The molecule has 1 aromatic rings. The highest BCUT2D eigenvalue weighted by molar-refractivity contribution is 5.65. The Hall–Kier alpha value is -1.51. The Bertz CT molecular complexity index is 424. The number of anilines is 1. The molecule has 2 rings (SSSR count). The number of allylic oxidation sites excluding steroid dienone is 1. The van der Waals surface area contributed by atoms with Crippen LogP contribution < -0.4 is 9.64 Å². The zero-order valence-electron chi connectivity index (χ0n) is 9.66. The number of methoxy groups -OCH3 is 1. The van der Waals surface area contributed by atoms with Crippen LogP contribution in [-0.4, -0.2) is 19.1 Å². The lowest BCUT2D eigenvalue weighted by Gasteiger charge is -2.21. The van der Waals surface area contributed by atoms with Gasteiger partial charge in [0.25, 0.3) is 0 Å². The minimum absolute atomic E-state index is 0.0383. The molecule has 1 aromatic heterocycles. The van der Waals surface area contributed by atoms with Crippen molar-refractivity contribution in [1.29, 1.82) is 0 Å². The Morgan fingerprint density at radius 3 is 2.67 bits per heavy atom. The molecule has 0 amide bonds. The van der Waals surface area contributed by atoms with Crippen molar-refractivity contribution in [2.24, 2.45) is 0 Å². The summed E-state index contributed by atoms with van der Waals surface area (Å²) < 4.78 is 5.12. The van der Waals surface area contributed by atoms with Crippen molar-refractivity contribution in [2.45, 2.75) is 19.3 Å². The molecule has 0 radical (unpaired) electrons. The Morgan fingerprint density at radius 2 is 2.07 bits per heavy atom. The standard InChI is InChI=1S/C12H16N2O/c1-8-12(2,3)9-6-7-10(15-5)13-11(9)14(8)4/h6-7H,1H2,2-5H3. The first-order valence-electron chi connectivity index (χ1n) is 4.97. The zero-order valence-corrected chi connectivity index (χ0v) is 9.66. The molecule has 0 aromatic carbocycles. The maximum atomic E-state index is 5.12. The van der Waals surface area contributed by atoms with Crippen molar-refractivity contribution in [3.8, 4) is 5.88 Å². The predicted octanol–water partition coefficient (Wildman–Crippen LogP) is 2.33. The number of likely N-dealkylation sites (N-methyl/N-ethyl adjacent to an activating group) is 1. The molecule has 1 aliphatic heterocycles. The van der Waals surface area contributed by atoms with Gasteiger partial charge < -0.3 is 9.64 Å². The molecule has 1 aliphatic rings. The van der Waals surface area contributed by atoms with Gasteiger partial charge in [-0.2, -0.15) is 4.98 Å². The van der Waals surface area contributed by atoms with Gasteiger partial charge in [-0.15, -0.1) is 0 Å². The summed E-state index contributed by atoms with van der Waals surface area (Å²) in [5.41, 5.74) is 2.23. The first-order valence-corrected chi connectivity index (χ1v) is 4.97. The molecule has 3 nitrogen and oxygen atoms in total. The fourth-order valence-electron chi connectivity index (χ4n) is 1.99. The van der Waals surface area contributed by atoms with Crippen LogP contribution in [-0.2, 0) is 5.41 Å². The summed E-state index contributed by atoms with van der Waals surface area (Å²) in [6.45, 7) is 8.42. The van der Waals surface area contributed by atoms with Gasteiger partial charge in [0.05, 0.1) is 7.11 Å². The summed E-state index contributed by atoms with van der Waals surface area (Å²) in [7, 11) is 3.62. The Balaban J connectivity index is 2.61. The molecule has 15 heavy (non-hydrogen) atoms. The molecular weight excluding hydrogens is 188 g/mol. The molecule has 0 bridgehead atoms. The van der Waals surface area contributed by atoms with Crippen LogP contribution in [0.4, 0.5) is 5.82 Å². The molecule has 0 spiro atoms. The van der Waals surface area contributed by atoms with Gasteiger partial charge in [-0.25, -0.2) is 0 Å². The third-order valence-corrected chi connectivity index (χ3v) is 3.18. The lowest BCUT2D eigenvalue weighted by atomic mass is 9.85. The van der Waals surface area contributed by atoms with E-state index in [1.54, 1.807) is 7.11 Å². The first kappa shape index (κ1) is 10.0. The molecular formula is C12H16N2O. The summed E-state index contributed by atoms with van der Waals surface area (Å²) in [5, 5.41) is 0. The topological polar surface area (TPSA) is 25.4 Å². The average Bonchev–Trinajstić information content (AvgIpc) is 2.40. The third kappa shape index (κ3) is 1.23. The highest BCUT2D eigenvalue weighted by Gasteiger charge is 2.38. The van der Waals surface area contributed by atoms with Gasteiger partial charge in [0, 0.05) is 29.8 Å². The van der Waals surface area contributed by atoms with E-state index in [-0.39, 0.29) is 5.41 Å². The summed E-state index contributed by atoms with van der Waals surface area (Å²) in [5.74, 6) is 1.59. The Morgan fingerprint density at radius 1 is 1.40 bits per heavy atom. The second-order valence-electron chi connectivity index (χ2n) is 4.36. The second kappa shape index (κ2) is 2.99. The molecule has 0 fully saturated rings. The van der Waals surface area contributed by atoms with E-state index in [4.69, 9.17) is 4.74 Å². The number of hydrogen-bond donors (Lipinski definition) is 0. The van der Waals surface area contributed by atoms with Crippen LogP contribution in [0.5, 0.6) is 5.88 Å². The quantitative estimate of drug-likeness (QED) is 0.702. The van der Waals surface area contributed by atoms with Crippen LogP contribution in [0, 0.1) is 0 Å². The van der Waals surface area contributed by atoms with Crippen LogP contribution in [0.15, 0.2) is 24.4 Å². The minimum Gasteiger partial charge on any atom is -0.481 e. The van der Waals surface area contributed by atoms with E-state index in [0.717, 1.165) is 11.5 Å². The number of fused-ring (bicyclic) bond motifs is 1. The lowest BCUT2D eigenvalue weighted by Crippen LogP contribution is -2.21. The number of ether oxygens (including phenoxy) is 1. The fraction of sp³-hybridized carbons (Fsp3) is 0.417. The van der Waals surface area contributed by atoms with E-state index in [0.29, 0.717) is 5.88 Å². The number of rotatable bonds is 1. The number of pyridine rings is 1. The SMILES string of the molecule is C=C1N(C)c2nc(OC)ccc2C1(C)C. The maximum Gasteiger partial charge on any atom is 0.214 e. The normalized spacial score (nSPS) is 17.9. The first-order chi connectivity index (χ1) is 6.98. The Kier molecular flexibility index (Phi) is 2.00. The van der Waals surface area contributed by atoms with Crippen molar-refractivity contribution < 1.29 is 4.74 Å². The highest BCUT2D eigenvalue weighted by atomic mass is 16.5. The molecule has 3 heteroatoms. The van der Waals surface area contributed by atoms with Crippen LogP contribution in [0.3, 0.4) is 0 Å². The van der Waals surface area contributed by atoms with E-state index < -0.39 is 0 Å². The van der Waals surface area contributed by atoms with E-state index in [9.17, 15) is 0 Å². The van der Waals surface area contributed by atoms with Crippen molar-refractivity contribution in [1.82, 2.24) is 4.98 Å². The average molecular weight is 204 g/mol. The van der Waals surface area contributed by atoms with E-state index in [1.807, 2.05) is 18.0 Å². The highest BCUT2D eigenvalue weighted by Crippen LogP contribution is 2.45. The lowest BCUT2D eigenvalue weighted by molar-refractivity contribution is 0.398. The Labute approximate surface area is 90.4 Å². The molecule has 0 aliphatic carbocycles. The van der Waals surface area contributed by atoms with E-state index in [2.05, 4.69) is 31.5 Å². The van der Waals surface area contributed by atoms with Crippen LogP contribution in [0.1, 0.15) is 19.4 Å². The van der Waals surface area contributed by atoms with E-state index >= 15 is 0 Å². The molecule has 2 heterocycles. The van der Waals surface area contributed by atoms with Crippen LogP contribution >= 0.6 is 0 Å². The number of hydrogen-bond acceptors (Lipinski definition) is 3. The molecule has 0 unspecified atom stereocenters. The van der Waals surface area contributed by atoms with Crippen molar-refractivity contribution in [2.75, 3.05) is 19.1 Å². The van der Waals surface area contributed by atoms with Gasteiger partial charge in [-0.05, 0) is 6.07 Å². The van der Waals surface area contributed by atoms with Gasteiger partial charge >= 0.3 is 0 Å². The smallest absolute Gasteiger partial charge is 0.214 e. The van der Waals surface area contributed by atoms with Gasteiger partial charge in [0.15, 0.2) is 0 Å². The van der Waals surface area contributed by atoms with Gasteiger partial charge in [-0.3, -0.25) is 0 Å². The van der Waals surface area contributed by atoms with Crippen LogP contribution in [0.25, 0.3) is 0 Å². The van der Waals surface area contributed by atoms with Gasteiger partial charge in [-0.1, -0.05) is 20.4 Å². The summed E-state index contributed by atoms with van der Waals surface area (Å²) in [6, 6.07) is 3.96. The van der Waals surface area contributed by atoms with Crippen molar-refractivity contribution >= 4 is 5.82 Å². The molecule has 0 saturated heterocycles. The number of aromatic nitrogens is 1. The zero-order chi connectivity index (χ0) is 11.2. The summed E-state index contributed by atoms with van der Waals surface area (Å²) in [4.78, 5) is 6.47. The molecule has 0 atom stereocenters. The predicted molar refractivity (Wildman–Crippen MR) is 61.4 cm³/mol. The third-order valence-electron chi connectivity index (χ3n) is 3.18. The van der Waals surface area contributed by atoms with Crippen molar-refractivity contribution in [3.05, 3.63) is 30.0 Å². The monoisotopic (exact) mass is 204 g/mol. The minimum atomic E-state index is -0.0383. The maximum absolute atomic E-state index is 5.12. The van der Waals surface area contributed by atoms with Crippen molar-refractivity contribution in [3.63, 3.8) is 0 Å². The molecule has 0 saturated carbocycles.